The fourth-order valence-electron chi connectivity index (χ4n) is 2.00. The maximum Gasteiger partial charge on any atom is 0.205 e. The average Bonchev–Trinajstić information content (AvgIpc) is 2.86. The Balaban J connectivity index is 1.90. The molecule has 0 aromatic carbocycles. The standard InChI is InChI=1S/C12H22N4O2S/c1-3-4-13-12-15-14-11(19-12)6-16-5-10(7-17)18-8-9(16)2/h9-10,17H,3-8H2,1-2H3,(H,13,15). The number of ether oxygens (including phenoxy) is 1. The van der Waals surface area contributed by atoms with Gasteiger partial charge in [0, 0.05) is 19.1 Å². The summed E-state index contributed by atoms with van der Waals surface area (Å²) >= 11 is 1.60. The first-order valence-electron chi connectivity index (χ1n) is 6.75. The van der Waals surface area contributed by atoms with E-state index in [1.807, 2.05) is 0 Å². The van der Waals surface area contributed by atoms with Gasteiger partial charge in [-0.05, 0) is 13.3 Å². The highest BCUT2D eigenvalue weighted by Gasteiger charge is 2.26. The molecule has 0 amide bonds. The lowest BCUT2D eigenvalue weighted by Crippen LogP contribution is -2.48. The number of anilines is 1. The van der Waals surface area contributed by atoms with Crippen LogP contribution in [0.2, 0.25) is 0 Å². The normalized spacial score (nSPS) is 24.6. The molecule has 1 saturated heterocycles. The van der Waals surface area contributed by atoms with E-state index < -0.39 is 0 Å². The third-order valence-electron chi connectivity index (χ3n) is 3.17. The minimum absolute atomic E-state index is 0.0721. The lowest BCUT2D eigenvalue weighted by molar-refractivity contribution is -0.0806. The molecule has 0 saturated carbocycles. The Kier molecular flexibility index (Phi) is 5.50. The Morgan fingerprint density at radius 2 is 2.37 bits per heavy atom. The van der Waals surface area contributed by atoms with E-state index in [1.165, 1.54) is 0 Å². The fraction of sp³-hybridized carbons (Fsp3) is 0.833. The van der Waals surface area contributed by atoms with Gasteiger partial charge in [0.05, 0.1) is 25.9 Å². The summed E-state index contributed by atoms with van der Waals surface area (Å²) in [5.41, 5.74) is 0. The summed E-state index contributed by atoms with van der Waals surface area (Å²) in [6, 6.07) is 0.346. The third-order valence-corrected chi connectivity index (χ3v) is 4.04. The van der Waals surface area contributed by atoms with Crippen molar-refractivity contribution in [3.63, 3.8) is 0 Å². The highest BCUT2D eigenvalue weighted by atomic mass is 32.1. The van der Waals surface area contributed by atoms with Crippen LogP contribution in [0.5, 0.6) is 0 Å². The third kappa shape index (κ3) is 4.10. The smallest absolute Gasteiger partial charge is 0.205 e. The van der Waals surface area contributed by atoms with Gasteiger partial charge in [-0.15, -0.1) is 10.2 Å². The Labute approximate surface area is 117 Å². The van der Waals surface area contributed by atoms with Crippen molar-refractivity contribution < 1.29 is 9.84 Å². The van der Waals surface area contributed by atoms with E-state index >= 15 is 0 Å². The van der Waals surface area contributed by atoms with Crippen molar-refractivity contribution in [3.8, 4) is 0 Å². The van der Waals surface area contributed by atoms with Crippen molar-refractivity contribution in [1.29, 1.82) is 0 Å². The summed E-state index contributed by atoms with van der Waals surface area (Å²) < 4.78 is 5.53. The van der Waals surface area contributed by atoms with Gasteiger partial charge in [0.1, 0.15) is 5.01 Å². The van der Waals surface area contributed by atoms with E-state index in [1.54, 1.807) is 11.3 Å². The molecule has 0 spiro atoms. The molecule has 7 heteroatoms. The number of rotatable bonds is 6. The van der Waals surface area contributed by atoms with Crippen molar-refractivity contribution in [2.45, 2.75) is 39.0 Å². The minimum Gasteiger partial charge on any atom is -0.394 e. The molecule has 2 atom stereocenters. The molecule has 0 radical (unpaired) electrons. The van der Waals surface area contributed by atoms with Crippen molar-refractivity contribution in [2.75, 3.05) is 31.6 Å². The van der Waals surface area contributed by atoms with Gasteiger partial charge >= 0.3 is 0 Å². The van der Waals surface area contributed by atoms with Gasteiger partial charge in [0.25, 0.3) is 0 Å². The molecule has 19 heavy (non-hydrogen) atoms. The van der Waals surface area contributed by atoms with Crippen LogP contribution in [0.25, 0.3) is 0 Å². The number of hydrogen-bond acceptors (Lipinski definition) is 7. The van der Waals surface area contributed by atoms with Crippen LogP contribution < -0.4 is 5.32 Å². The molecular weight excluding hydrogens is 264 g/mol. The first kappa shape index (κ1) is 14.6. The number of hydrogen-bond donors (Lipinski definition) is 2. The van der Waals surface area contributed by atoms with E-state index in [-0.39, 0.29) is 12.7 Å². The second-order valence-corrected chi connectivity index (χ2v) is 5.91. The molecule has 2 heterocycles. The van der Waals surface area contributed by atoms with E-state index in [0.717, 1.165) is 36.2 Å². The number of nitrogens with zero attached hydrogens (tertiary/aromatic N) is 3. The van der Waals surface area contributed by atoms with Gasteiger partial charge in [-0.3, -0.25) is 4.90 Å². The molecule has 1 aliphatic heterocycles. The van der Waals surface area contributed by atoms with E-state index in [4.69, 9.17) is 4.74 Å². The Bertz CT molecular complexity index is 388. The first-order valence-corrected chi connectivity index (χ1v) is 7.57. The van der Waals surface area contributed by atoms with Crippen LogP contribution in [0.15, 0.2) is 0 Å². The molecule has 0 aliphatic carbocycles. The highest BCUT2D eigenvalue weighted by molar-refractivity contribution is 7.15. The first-order chi connectivity index (χ1) is 9.22. The number of morpholine rings is 1. The van der Waals surface area contributed by atoms with Crippen LogP contribution in [0, 0.1) is 0 Å². The minimum atomic E-state index is -0.0817. The molecule has 6 nitrogen and oxygen atoms in total. The summed E-state index contributed by atoms with van der Waals surface area (Å²) in [5, 5.41) is 22.7. The van der Waals surface area contributed by atoms with Gasteiger partial charge in [0.2, 0.25) is 5.13 Å². The summed E-state index contributed by atoms with van der Waals surface area (Å²) in [6.45, 7) is 7.43. The van der Waals surface area contributed by atoms with Gasteiger partial charge in [-0.2, -0.15) is 0 Å². The summed E-state index contributed by atoms with van der Waals surface area (Å²) in [4.78, 5) is 2.29. The fourth-order valence-corrected chi connectivity index (χ4v) is 2.79. The Hall–Kier alpha value is -0.760. The zero-order valence-corrected chi connectivity index (χ0v) is 12.3. The van der Waals surface area contributed by atoms with Crippen LogP contribution in [0.3, 0.4) is 0 Å². The predicted octanol–water partition coefficient (Wildman–Crippen LogP) is 0.942. The number of nitrogens with one attached hydrogen (secondary N) is 1. The lowest BCUT2D eigenvalue weighted by atomic mass is 10.2. The van der Waals surface area contributed by atoms with Crippen LogP contribution >= 0.6 is 11.3 Å². The Morgan fingerprint density at radius 1 is 1.53 bits per heavy atom. The molecule has 1 aromatic rings. The van der Waals surface area contributed by atoms with Crippen LogP contribution in [0.1, 0.15) is 25.3 Å². The molecular formula is C12H22N4O2S. The van der Waals surface area contributed by atoms with Crippen molar-refractivity contribution >= 4 is 16.5 Å². The van der Waals surface area contributed by atoms with Gasteiger partial charge < -0.3 is 15.2 Å². The maximum atomic E-state index is 9.18. The molecule has 2 unspecified atom stereocenters. The van der Waals surface area contributed by atoms with Crippen LogP contribution in [-0.4, -0.2) is 58.7 Å². The van der Waals surface area contributed by atoms with Crippen LogP contribution in [-0.2, 0) is 11.3 Å². The molecule has 1 aromatic heterocycles. The average molecular weight is 286 g/mol. The maximum absolute atomic E-state index is 9.18. The topological polar surface area (TPSA) is 70.5 Å². The molecule has 108 valence electrons. The quantitative estimate of drug-likeness (QED) is 0.811. The van der Waals surface area contributed by atoms with Crippen molar-refractivity contribution in [1.82, 2.24) is 15.1 Å². The number of aromatic nitrogens is 2. The molecule has 2 rings (SSSR count). The molecule has 2 N–H and O–H groups in total. The molecule has 1 fully saturated rings. The summed E-state index contributed by atoms with van der Waals surface area (Å²) in [5.74, 6) is 0. The van der Waals surface area contributed by atoms with Gasteiger partial charge in [-0.1, -0.05) is 18.3 Å². The lowest BCUT2D eigenvalue weighted by Gasteiger charge is -2.36. The zero-order chi connectivity index (χ0) is 13.7. The molecule has 1 aliphatic rings. The summed E-state index contributed by atoms with van der Waals surface area (Å²) in [6.07, 6.45) is 0.995. The second kappa shape index (κ2) is 7.14. The van der Waals surface area contributed by atoms with E-state index in [2.05, 4.69) is 34.3 Å². The molecule has 0 bridgehead atoms. The van der Waals surface area contributed by atoms with E-state index in [9.17, 15) is 5.11 Å². The SMILES string of the molecule is CCCNc1nnc(CN2CC(CO)OCC2C)s1. The predicted molar refractivity (Wildman–Crippen MR) is 75.4 cm³/mol. The Morgan fingerprint density at radius 3 is 3.11 bits per heavy atom. The number of aliphatic hydroxyl groups excluding tert-OH is 1. The van der Waals surface area contributed by atoms with Crippen LogP contribution in [0.4, 0.5) is 5.13 Å². The van der Waals surface area contributed by atoms with Crippen molar-refractivity contribution in [2.24, 2.45) is 0 Å². The zero-order valence-electron chi connectivity index (χ0n) is 11.5. The van der Waals surface area contributed by atoms with E-state index in [0.29, 0.717) is 12.6 Å². The monoisotopic (exact) mass is 286 g/mol. The van der Waals surface area contributed by atoms with Gasteiger partial charge in [-0.25, -0.2) is 0 Å². The highest BCUT2D eigenvalue weighted by Crippen LogP contribution is 2.20. The van der Waals surface area contributed by atoms with Gasteiger partial charge in [0.15, 0.2) is 0 Å². The second-order valence-electron chi connectivity index (χ2n) is 4.84. The van der Waals surface area contributed by atoms with Crippen molar-refractivity contribution in [3.05, 3.63) is 5.01 Å². The number of aliphatic hydroxyl groups is 1. The summed E-state index contributed by atoms with van der Waals surface area (Å²) in [7, 11) is 0. The largest absolute Gasteiger partial charge is 0.394 e.